The van der Waals surface area contributed by atoms with Crippen molar-refractivity contribution < 1.29 is 22.4 Å². The van der Waals surface area contributed by atoms with Gasteiger partial charge in [0.2, 0.25) is 10.0 Å². The minimum Gasteiger partial charge on any atom is -0.465 e. The van der Waals surface area contributed by atoms with Gasteiger partial charge in [0.25, 0.3) is 0 Å². The maximum Gasteiger partial charge on any atom is 0.342 e. The van der Waals surface area contributed by atoms with Crippen molar-refractivity contribution in [2.75, 3.05) is 20.2 Å². The lowest BCUT2D eigenvalue weighted by molar-refractivity contribution is 0.0594. The van der Waals surface area contributed by atoms with E-state index in [9.17, 15) is 13.2 Å². The van der Waals surface area contributed by atoms with Crippen LogP contribution in [-0.2, 0) is 14.8 Å². The summed E-state index contributed by atoms with van der Waals surface area (Å²) < 4.78 is 38.0. The zero-order valence-corrected chi connectivity index (χ0v) is 15.1. The number of nitrogens with zero attached hydrogens (tertiary/aromatic N) is 1. The van der Waals surface area contributed by atoms with Crippen LogP contribution >= 0.6 is 0 Å². The molecule has 1 saturated heterocycles. The first-order valence-corrected chi connectivity index (χ1v) is 9.65. The largest absolute Gasteiger partial charge is 0.465 e. The van der Waals surface area contributed by atoms with Crippen molar-refractivity contribution in [3.63, 3.8) is 0 Å². The van der Waals surface area contributed by atoms with Crippen LogP contribution in [0.5, 0.6) is 0 Å². The molecule has 24 heavy (non-hydrogen) atoms. The predicted octanol–water partition coefficient (Wildman–Crippen LogP) is 1.43. The highest BCUT2D eigenvalue weighted by Gasteiger charge is 2.45. The number of furan rings is 1. The highest BCUT2D eigenvalue weighted by Crippen LogP contribution is 2.39. The Kier molecular flexibility index (Phi) is 4.48. The lowest BCUT2D eigenvalue weighted by atomic mass is 9.78. The molecule has 0 bridgehead atoms. The highest BCUT2D eigenvalue weighted by molar-refractivity contribution is 7.89. The third kappa shape index (κ3) is 2.66. The molecule has 3 unspecified atom stereocenters. The molecule has 2 fully saturated rings. The van der Waals surface area contributed by atoms with Gasteiger partial charge in [0, 0.05) is 19.1 Å². The number of carbonyl (C=O) groups excluding carboxylic acids is 1. The predicted molar refractivity (Wildman–Crippen MR) is 87.1 cm³/mol. The van der Waals surface area contributed by atoms with Crippen molar-refractivity contribution >= 4 is 16.0 Å². The molecular weight excluding hydrogens is 332 g/mol. The van der Waals surface area contributed by atoms with Crippen LogP contribution in [0.15, 0.2) is 9.31 Å². The monoisotopic (exact) mass is 356 g/mol. The van der Waals surface area contributed by atoms with E-state index in [4.69, 9.17) is 14.9 Å². The van der Waals surface area contributed by atoms with Gasteiger partial charge in [-0.25, -0.2) is 13.2 Å². The molecule has 1 aromatic heterocycles. The number of esters is 1. The summed E-state index contributed by atoms with van der Waals surface area (Å²) >= 11 is 0. The lowest BCUT2D eigenvalue weighted by Crippen LogP contribution is -2.38. The summed E-state index contributed by atoms with van der Waals surface area (Å²) in [6.07, 6.45) is 2.97. The summed E-state index contributed by atoms with van der Waals surface area (Å²) in [5, 5.41) is 0. The Hall–Kier alpha value is -1.38. The van der Waals surface area contributed by atoms with Gasteiger partial charge >= 0.3 is 5.97 Å². The second kappa shape index (κ2) is 6.16. The van der Waals surface area contributed by atoms with Crippen molar-refractivity contribution in [3.8, 4) is 0 Å². The third-order valence-electron chi connectivity index (χ3n) is 5.31. The summed E-state index contributed by atoms with van der Waals surface area (Å²) in [5.41, 5.74) is 6.18. The SMILES string of the molecule is COC(=O)c1c(C)oc(C)c1S(=O)(=O)N1CC2CCCC(N)C2C1. The molecule has 2 aliphatic rings. The van der Waals surface area contributed by atoms with Crippen LogP contribution in [0.3, 0.4) is 0 Å². The number of fused-ring (bicyclic) bond motifs is 1. The Morgan fingerprint density at radius 1 is 1.25 bits per heavy atom. The van der Waals surface area contributed by atoms with Crippen molar-refractivity contribution in [2.45, 2.75) is 44.0 Å². The van der Waals surface area contributed by atoms with Crippen molar-refractivity contribution in [1.82, 2.24) is 4.31 Å². The molecule has 1 aliphatic heterocycles. The van der Waals surface area contributed by atoms with Gasteiger partial charge in [0.15, 0.2) is 0 Å². The minimum atomic E-state index is -3.83. The maximum atomic E-state index is 13.2. The summed E-state index contributed by atoms with van der Waals surface area (Å²) in [6, 6.07) is 0.0382. The molecule has 1 aliphatic carbocycles. The van der Waals surface area contributed by atoms with Crippen LogP contribution in [-0.4, -0.2) is 44.9 Å². The normalized spacial score (nSPS) is 27.9. The number of aryl methyl sites for hydroxylation is 2. The van der Waals surface area contributed by atoms with Gasteiger partial charge in [-0.15, -0.1) is 0 Å². The maximum absolute atomic E-state index is 13.2. The molecule has 134 valence electrons. The topological polar surface area (TPSA) is 103 Å². The molecule has 0 radical (unpaired) electrons. The van der Waals surface area contributed by atoms with Crippen molar-refractivity contribution in [1.29, 1.82) is 0 Å². The van der Waals surface area contributed by atoms with E-state index in [0.717, 1.165) is 19.3 Å². The summed E-state index contributed by atoms with van der Waals surface area (Å²) in [5.74, 6) is 0.247. The molecule has 3 atom stereocenters. The smallest absolute Gasteiger partial charge is 0.342 e. The quantitative estimate of drug-likeness (QED) is 0.822. The van der Waals surface area contributed by atoms with E-state index in [2.05, 4.69) is 0 Å². The summed E-state index contributed by atoms with van der Waals surface area (Å²) in [6.45, 7) is 3.97. The molecule has 2 N–H and O–H groups in total. The van der Waals surface area contributed by atoms with E-state index in [-0.39, 0.29) is 33.9 Å². The van der Waals surface area contributed by atoms with E-state index in [1.54, 1.807) is 13.8 Å². The highest BCUT2D eigenvalue weighted by atomic mass is 32.2. The molecule has 7 nitrogen and oxygen atoms in total. The number of hydrogen-bond acceptors (Lipinski definition) is 6. The molecule has 2 heterocycles. The van der Waals surface area contributed by atoms with Crippen LogP contribution in [0.4, 0.5) is 0 Å². The first-order chi connectivity index (χ1) is 11.3. The van der Waals surface area contributed by atoms with E-state index < -0.39 is 16.0 Å². The number of hydrogen-bond donors (Lipinski definition) is 1. The number of sulfonamides is 1. The Morgan fingerprint density at radius 3 is 2.58 bits per heavy atom. The Bertz CT molecular complexity index is 755. The van der Waals surface area contributed by atoms with Gasteiger partial charge in [0.05, 0.1) is 7.11 Å². The standard InChI is InChI=1S/C16H24N2O5S/c1-9-14(16(19)22-3)15(10(2)23-9)24(20,21)18-7-11-5-4-6-13(17)12(11)8-18/h11-13H,4-8,17H2,1-3H3. The summed E-state index contributed by atoms with van der Waals surface area (Å²) in [4.78, 5) is 12.0. The first-order valence-electron chi connectivity index (χ1n) is 8.21. The fourth-order valence-corrected chi connectivity index (χ4v) is 6.02. The van der Waals surface area contributed by atoms with Crippen LogP contribution in [0.2, 0.25) is 0 Å². The van der Waals surface area contributed by atoms with Gasteiger partial charge in [-0.1, -0.05) is 6.42 Å². The zero-order valence-electron chi connectivity index (χ0n) is 14.2. The van der Waals surface area contributed by atoms with E-state index in [1.807, 2.05) is 0 Å². The third-order valence-corrected chi connectivity index (χ3v) is 7.30. The molecular formula is C16H24N2O5S. The zero-order chi connectivity index (χ0) is 17.6. The van der Waals surface area contributed by atoms with E-state index in [1.165, 1.54) is 11.4 Å². The Labute approximate surface area is 142 Å². The number of nitrogens with two attached hydrogens (primary N) is 1. The van der Waals surface area contributed by atoms with Gasteiger partial charge in [-0.3, -0.25) is 0 Å². The summed E-state index contributed by atoms with van der Waals surface area (Å²) in [7, 11) is -2.61. The molecule has 8 heteroatoms. The number of ether oxygens (including phenoxy) is 1. The fourth-order valence-electron chi connectivity index (χ4n) is 4.11. The molecule has 3 rings (SSSR count). The molecule has 1 saturated carbocycles. The average molecular weight is 356 g/mol. The second-order valence-corrected chi connectivity index (χ2v) is 8.63. The first kappa shape index (κ1) is 17.4. The van der Waals surface area contributed by atoms with Crippen LogP contribution in [0.1, 0.15) is 41.1 Å². The van der Waals surface area contributed by atoms with E-state index in [0.29, 0.717) is 19.0 Å². The molecule has 0 aromatic carbocycles. The van der Waals surface area contributed by atoms with Crippen molar-refractivity contribution in [3.05, 3.63) is 17.1 Å². The minimum absolute atomic E-state index is 0.00540. The van der Waals surface area contributed by atoms with Crippen LogP contribution in [0, 0.1) is 25.7 Å². The molecule has 0 spiro atoms. The van der Waals surface area contributed by atoms with Crippen molar-refractivity contribution in [2.24, 2.45) is 17.6 Å². The molecule has 0 amide bonds. The average Bonchev–Trinajstić information content (AvgIpc) is 3.09. The molecule has 1 aromatic rings. The van der Waals surface area contributed by atoms with Crippen LogP contribution < -0.4 is 5.73 Å². The Morgan fingerprint density at radius 2 is 1.96 bits per heavy atom. The van der Waals surface area contributed by atoms with Gasteiger partial charge < -0.3 is 14.9 Å². The number of methoxy groups -OCH3 is 1. The number of carbonyl (C=O) groups is 1. The van der Waals surface area contributed by atoms with E-state index >= 15 is 0 Å². The second-order valence-electron chi connectivity index (χ2n) is 6.75. The Balaban J connectivity index is 1.99. The van der Waals surface area contributed by atoms with Crippen LogP contribution in [0.25, 0.3) is 0 Å². The van der Waals surface area contributed by atoms with Gasteiger partial charge in [0.1, 0.15) is 22.0 Å². The lowest BCUT2D eigenvalue weighted by Gasteiger charge is -2.29. The van der Waals surface area contributed by atoms with Gasteiger partial charge in [-0.2, -0.15) is 4.31 Å². The van der Waals surface area contributed by atoms with Gasteiger partial charge in [-0.05, 0) is 38.5 Å². The number of rotatable bonds is 3. The fraction of sp³-hybridized carbons (Fsp3) is 0.688.